The van der Waals surface area contributed by atoms with Gasteiger partial charge in [-0.05, 0) is 35.9 Å². The molecule has 0 unspecified atom stereocenters. The van der Waals surface area contributed by atoms with E-state index in [2.05, 4.69) is 0 Å². The molecule has 0 fully saturated rings. The van der Waals surface area contributed by atoms with Crippen molar-refractivity contribution in [1.29, 1.82) is 0 Å². The van der Waals surface area contributed by atoms with E-state index in [1.165, 1.54) is 6.92 Å². The molecule has 10 heteroatoms. The fraction of sp³-hybridized carbons (Fsp3) is 0.455. The first-order valence-electron chi connectivity index (χ1n) is 5.32. The summed E-state index contributed by atoms with van der Waals surface area (Å²) < 4.78 is 113. The molecule has 0 bridgehead atoms. The minimum absolute atomic E-state index is 0.132. The van der Waals surface area contributed by atoms with Gasteiger partial charge in [0.1, 0.15) is 0 Å². The van der Waals surface area contributed by atoms with Gasteiger partial charge in [-0.2, -0.15) is 39.5 Å². The Kier molecular flexibility index (Phi) is 4.81. The average Bonchev–Trinajstić information content (AvgIpc) is 2.22. The Morgan fingerprint density at radius 1 is 0.857 bits per heavy atom. The second-order valence-corrected chi connectivity index (χ2v) is 5.02. The van der Waals surface area contributed by atoms with Gasteiger partial charge in [-0.25, -0.2) is 0 Å². The van der Waals surface area contributed by atoms with Crippen molar-refractivity contribution < 1.29 is 39.5 Å². The highest BCUT2D eigenvalue weighted by Gasteiger charge is 2.47. The molecule has 0 heterocycles. The molecule has 0 N–H and O–H groups in total. The SMILES string of the molecule is CCc1cc(SC(F)(F)F)c(C(F)(F)F)c(C(F)(F)F)c1. The zero-order valence-electron chi connectivity index (χ0n) is 10.2. The van der Waals surface area contributed by atoms with Gasteiger partial charge in [0.15, 0.2) is 0 Å². The van der Waals surface area contributed by atoms with E-state index in [4.69, 9.17) is 0 Å². The van der Waals surface area contributed by atoms with E-state index < -0.39 is 45.6 Å². The van der Waals surface area contributed by atoms with Gasteiger partial charge in [-0.15, -0.1) is 0 Å². The van der Waals surface area contributed by atoms with Crippen LogP contribution in [-0.2, 0) is 18.8 Å². The average molecular weight is 342 g/mol. The molecule has 0 aliphatic carbocycles. The number of hydrogen-bond acceptors (Lipinski definition) is 1. The Hall–Kier alpha value is -1.06. The van der Waals surface area contributed by atoms with Crippen molar-refractivity contribution >= 4 is 11.8 Å². The highest BCUT2D eigenvalue weighted by atomic mass is 32.2. The van der Waals surface area contributed by atoms with Crippen molar-refractivity contribution in [2.24, 2.45) is 0 Å². The fourth-order valence-electron chi connectivity index (χ4n) is 1.60. The summed E-state index contributed by atoms with van der Waals surface area (Å²) in [6, 6.07) is 0.708. The maximum atomic E-state index is 12.8. The number of thioether (sulfide) groups is 1. The third-order valence-electron chi connectivity index (χ3n) is 2.38. The van der Waals surface area contributed by atoms with Gasteiger partial charge < -0.3 is 0 Å². The zero-order chi connectivity index (χ0) is 16.6. The first-order chi connectivity index (χ1) is 9.25. The van der Waals surface area contributed by atoms with Crippen LogP contribution < -0.4 is 0 Å². The summed E-state index contributed by atoms with van der Waals surface area (Å²) in [7, 11) is 0. The molecule has 0 nitrogen and oxygen atoms in total. The van der Waals surface area contributed by atoms with Crippen LogP contribution in [0.2, 0.25) is 0 Å². The van der Waals surface area contributed by atoms with Crippen molar-refractivity contribution in [1.82, 2.24) is 0 Å². The van der Waals surface area contributed by atoms with Crippen LogP contribution in [-0.4, -0.2) is 5.51 Å². The lowest BCUT2D eigenvalue weighted by atomic mass is 10.0. The van der Waals surface area contributed by atoms with Gasteiger partial charge in [0, 0.05) is 4.90 Å². The maximum Gasteiger partial charge on any atom is 0.446 e. The van der Waals surface area contributed by atoms with Crippen LogP contribution in [0.4, 0.5) is 39.5 Å². The third-order valence-corrected chi connectivity index (χ3v) is 3.16. The Morgan fingerprint density at radius 3 is 1.71 bits per heavy atom. The summed E-state index contributed by atoms with van der Waals surface area (Å²) in [5, 5.41) is 0. The Labute approximate surface area is 117 Å². The van der Waals surface area contributed by atoms with Crippen LogP contribution in [0.25, 0.3) is 0 Å². The zero-order valence-corrected chi connectivity index (χ0v) is 11.0. The highest BCUT2D eigenvalue weighted by molar-refractivity contribution is 8.00. The number of alkyl halides is 9. The molecule has 1 aromatic rings. The molecule has 0 radical (unpaired) electrons. The summed E-state index contributed by atoms with van der Waals surface area (Å²) in [5.74, 6) is 0. The van der Waals surface area contributed by atoms with Gasteiger partial charge in [0.2, 0.25) is 0 Å². The minimum Gasteiger partial charge on any atom is -0.166 e. The van der Waals surface area contributed by atoms with Gasteiger partial charge in [0.25, 0.3) is 0 Å². The standard InChI is InChI=1S/C11H7F9S/c1-2-5-3-6(9(12,13)14)8(10(15,16)17)7(4-5)21-11(18,19)20/h3-4H,2H2,1H3. The quantitative estimate of drug-likeness (QED) is 0.476. The van der Waals surface area contributed by atoms with Crippen molar-refractivity contribution in [3.63, 3.8) is 0 Å². The van der Waals surface area contributed by atoms with Crippen molar-refractivity contribution in [3.05, 3.63) is 28.8 Å². The molecular formula is C11H7F9S. The molecule has 120 valence electrons. The van der Waals surface area contributed by atoms with E-state index >= 15 is 0 Å². The lowest BCUT2D eigenvalue weighted by molar-refractivity contribution is -0.163. The summed E-state index contributed by atoms with van der Waals surface area (Å²) in [6.45, 7) is 1.32. The number of halogens is 9. The molecule has 0 saturated carbocycles. The van der Waals surface area contributed by atoms with E-state index in [0.29, 0.717) is 6.07 Å². The predicted molar refractivity (Wildman–Crippen MR) is 57.7 cm³/mol. The smallest absolute Gasteiger partial charge is 0.166 e. The van der Waals surface area contributed by atoms with Crippen molar-refractivity contribution in [3.8, 4) is 0 Å². The molecule has 0 amide bonds. The molecular weight excluding hydrogens is 335 g/mol. The number of benzene rings is 1. The normalized spacial score (nSPS) is 13.6. The second-order valence-electron chi connectivity index (χ2n) is 3.91. The highest BCUT2D eigenvalue weighted by Crippen LogP contribution is 2.48. The summed E-state index contributed by atoms with van der Waals surface area (Å²) in [4.78, 5) is -1.50. The summed E-state index contributed by atoms with van der Waals surface area (Å²) in [5.41, 5.74) is -9.81. The van der Waals surface area contributed by atoms with Crippen LogP contribution in [0, 0.1) is 0 Å². The molecule has 0 aliphatic heterocycles. The molecule has 0 saturated heterocycles. The van der Waals surface area contributed by atoms with Crippen LogP contribution in [0.1, 0.15) is 23.6 Å². The second kappa shape index (κ2) is 5.62. The lowest BCUT2D eigenvalue weighted by Gasteiger charge is -2.20. The van der Waals surface area contributed by atoms with Gasteiger partial charge in [-0.3, -0.25) is 0 Å². The predicted octanol–water partition coefficient (Wildman–Crippen LogP) is 5.90. The Balaban J connectivity index is 3.67. The van der Waals surface area contributed by atoms with Crippen LogP contribution >= 0.6 is 11.8 Å². The topological polar surface area (TPSA) is 0 Å². The molecule has 1 aromatic carbocycles. The van der Waals surface area contributed by atoms with E-state index in [1.54, 1.807) is 0 Å². The third kappa shape index (κ3) is 4.72. The largest absolute Gasteiger partial charge is 0.446 e. The molecule has 0 atom stereocenters. The van der Waals surface area contributed by atoms with Crippen LogP contribution in [0.15, 0.2) is 17.0 Å². The molecule has 0 aliphatic rings. The van der Waals surface area contributed by atoms with Crippen LogP contribution in [0.5, 0.6) is 0 Å². The molecule has 0 spiro atoms. The lowest BCUT2D eigenvalue weighted by Crippen LogP contribution is -2.19. The molecule has 21 heavy (non-hydrogen) atoms. The monoisotopic (exact) mass is 342 g/mol. The van der Waals surface area contributed by atoms with E-state index in [0.717, 1.165) is 0 Å². The number of aryl methyl sites for hydroxylation is 1. The van der Waals surface area contributed by atoms with Crippen LogP contribution in [0.3, 0.4) is 0 Å². The molecule has 1 rings (SSSR count). The maximum absolute atomic E-state index is 12.8. The Morgan fingerprint density at radius 2 is 1.38 bits per heavy atom. The first-order valence-corrected chi connectivity index (χ1v) is 6.14. The first kappa shape index (κ1) is 18.0. The Bertz CT molecular complexity index is 510. The van der Waals surface area contributed by atoms with Gasteiger partial charge >= 0.3 is 17.9 Å². The van der Waals surface area contributed by atoms with Crippen molar-refractivity contribution in [2.45, 2.75) is 36.1 Å². The van der Waals surface area contributed by atoms with Gasteiger partial charge in [0.05, 0.1) is 11.1 Å². The van der Waals surface area contributed by atoms with E-state index in [1.807, 2.05) is 0 Å². The summed E-state index contributed by atoms with van der Waals surface area (Å²) in [6.07, 6.45) is -11.1. The van der Waals surface area contributed by atoms with Crippen molar-refractivity contribution in [2.75, 3.05) is 0 Å². The number of hydrogen-bond donors (Lipinski definition) is 0. The number of rotatable bonds is 2. The van der Waals surface area contributed by atoms with Gasteiger partial charge in [-0.1, -0.05) is 6.92 Å². The fourth-order valence-corrected chi connectivity index (χ4v) is 2.39. The summed E-state index contributed by atoms with van der Waals surface area (Å²) >= 11 is -1.21. The van der Waals surface area contributed by atoms with E-state index in [9.17, 15) is 39.5 Å². The minimum atomic E-state index is -5.55. The molecule has 0 aromatic heterocycles. The van der Waals surface area contributed by atoms with E-state index in [-0.39, 0.29) is 18.1 Å².